The quantitative estimate of drug-likeness (QED) is 0.646. The van der Waals surface area contributed by atoms with Crippen molar-refractivity contribution < 1.29 is 18.7 Å². The molecule has 5 nitrogen and oxygen atoms in total. The van der Waals surface area contributed by atoms with Crippen molar-refractivity contribution in [3.63, 3.8) is 0 Å². The Morgan fingerprint density at radius 2 is 1.95 bits per heavy atom. The van der Waals surface area contributed by atoms with Crippen molar-refractivity contribution in [3.05, 3.63) is 58.5 Å². The number of carbonyl (C=O) groups excluding carboxylic acids is 2. The number of ether oxygens (including phenoxy) is 1. The van der Waals surface area contributed by atoms with Crippen LogP contribution in [0.5, 0.6) is 0 Å². The molecule has 1 amide bonds. The summed E-state index contributed by atoms with van der Waals surface area (Å²) in [6, 6.07) is 9.96. The molecule has 0 aliphatic carbocycles. The van der Waals surface area contributed by atoms with E-state index in [2.05, 4.69) is 21.2 Å². The molecule has 0 radical (unpaired) electrons. The molecule has 0 saturated carbocycles. The zero-order valence-electron chi connectivity index (χ0n) is 11.8. The van der Waals surface area contributed by atoms with Crippen LogP contribution in [0.3, 0.4) is 0 Å². The predicted molar refractivity (Wildman–Crippen MR) is 86.5 cm³/mol. The number of carbonyl (C=O) groups is 2. The second-order valence-electron chi connectivity index (χ2n) is 4.26. The van der Waals surface area contributed by atoms with Gasteiger partial charge in [0.25, 0.3) is 0 Å². The zero-order chi connectivity index (χ0) is 15.9. The van der Waals surface area contributed by atoms with Gasteiger partial charge in [-0.3, -0.25) is 4.79 Å². The molecule has 1 heterocycles. The molecule has 0 bridgehead atoms. The minimum Gasteiger partial charge on any atom is -0.462 e. The van der Waals surface area contributed by atoms with Crippen molar-refractivity contribution in [2.45, 2.75) is 6.92 Å². The zero-order valence-corrected chi connectivity index (χ0v) is 13.4. The van der Waals surface area contributed by atoms with E-state index in [9.17, 15) is 9.59 Å². The molecule has 1 aromatic carbocycles. The van der Waals surface area contributed by atoms with Gasteiger partial charge in [-0.25, -0.2) is 4.79 Å². The first kappa shape index (κ1) is 16.0. The van der Waals surface area contributed by atoms with Crippen LogP contribution in [0.25, 0.3) is 6.08 Å². The van der Waals surface area contributed by atoms with Crippen molar-refractivity contribution >= 4 is 39.6 Å². The van der Waals surface area contributed by atoms with Crippen molar-refractivity contribution in [1.82, 2.24) is 0 Å². The number of benzene rings is 1. The molecule has 0 spiro atoms. The molecule has 6 heteroatoms. The Bertz CT molecular complexity index is 688. The Balaban J connectivity index is 1.94. The SMILES string of the molecule is CCOC(=O)c1ccc(NC(=O)/C=C/c2ccc(Br)o2)cc1. The number of anilines is 1. The van der Waals surface area contributed by atoms with Crippen molar-refractivity contribution in [1.29, 1.82) is 0 Å². The fourth-order valence-electron chi connectivity index (χ4n) is 1.66. The first-order valence-electron chi connectivity index (χ1n) is 6.60. The average Bonchev–Trinajstić information content (AvgIpc) is 2.92. The van der Waals surface area contributed by atoms with Gasteiger partial charge in [-0.1, -0.05) is 0 Å². The lowest BCUT2D eigenvalue weighted by Gasteiger charge is -2.04. The van der Waals surface area contributed by atoms with Gasteiger partial charge in [0.15, 0.2) is 4.67 Å². The Kier molecular flexibility index (Phi) is 5.55. The number of nitrogens with one attached hydrogen (secondary N) is 1. The van der Waals surface area contributed by atoms with Gasteiger partial charge in [0.05, 0.1) is 12.2 Å². The summed E-state index contributed by atoms with van der Waals surface area (Å²) in [5, 5.41) is 2.69. The number of amides is 1. The van der Waals surface area contributed by atoms with Crippen molar-refractivity contribution in [2.75, 3.05) is 11.9 Å². The molecule has 114 valence electrons. The third kappa shape index (κ3) is 4.60. The third-order valence-electron chi connectivity index (χ3n) is 2.66. The van der Waals surface area contributed by atoms with E-state index in [4.69, 9.17) is 9.15 Å². The number of hydrogen-bond donors (Lipinski definition) is 1. The summed E-state index contributed by atoms with van der Waals surface area (Å²) in [7, 11) is 0. The molecular weight excluding hydrogens is 350 g/mol. The molecule has 0 fully saturated rings. The lowest BCUT2D eigenvalue weighted by Crippen LogP contribution is -2.08. The predicted octanol–water partition coefficient (Wildman–Crippen LogP) is 3.87. The first-order chi connectivity index (χ1) is 10.6. The van der Waals surface area contributed by atoms with Gasteiger partial charge >= 0.3 is 5.97 Å². The Morgan fingerprint density at radius 3 is 2.55 bits per heavy atom. The number of halogens is 1. The van der Waals surface area contributed by atoms with Crippen LogP contribution in [-0.4, -0.2) is 18.5 Å². The maximum absolute atomic E-state index is 11.8. The van der Waals surface area contributed by atoms with Crippen LogP contribution < -0.4 is 5.32 Å². The van der Waals surface area contributed by atoms with E-state index in [1.165, 1.54) is 6.08 Å². The minimum absolute atomic E-state index is 0.295. The second kappa shape index (κ2) is 7.61. The number of esters is 1. The van der Waals surface area contributed by atoms with Gasteiger partial charge in [-0.2, -0.15) is 0 Å². The summed E-state index contributed by atoms with van der Waals surface area (Å²) in [5.41, 5.74) is 1.03. The Labute approximate surface area is 136 Å². The summed E-state index contributed by atoms with van der Waals surface area (Å²) in [6.07, 6.45) is 2.93. The fourth-order valence-corrected chi connectivity index (χ4v) is 1.98. The number of rotatable bonds is 5. The average molecular weight is 364 g/mol. The molecule has 0 aliphatic rings. The smallest absolute Gasteiger partial charge is 0.338 e. The second-order valence-corrected chi connectivity index (χ2v) is 5.04. The van der Waals surface area contributed by atoms with Crippen LogP contribution in [0.2, 0.25) is 0 Å². The van der Waals surface area contributed by atoms with Gasteiger partial charge in [-0.15, -0.1) is 0 Å². The van der Waals surface area contributed by atoms with E-state index in [-0.39, 0.29) is 11.9 Å². The maximum Gasteiger partial charge on any atom is 0.338 e. The van der Waals surface area contributed by atoms with E-state index in [1.807, 2.05) is 0 Å². The van der Waals surface area contributed by atoms with Gasteiger partial charge in [0.1, 0.15) is 5.76 Å². The van der Waals surface area contributed by atoms with E-state index >= 15 is 0 Å². The highest BCUT2D eigenvalue weighted by Gasteiger charge is 2.06. The van der Waals surface area contributed by atoms with Crippen LogP contribution in [0.1, 0.15) is 23.0 Å². The molecule has 0 saturated heterocycles. The molecule has 0 atom stereocenters. The van der Waals surface area contributed by atoms with Gasteiger partial charge in [-0.05, 0) is 65.3 Å². The van der Waals surface area contributed by atoms with E-state index < -0.39 is 0 Å². The normalized spacial score (nSPS) is 10.6. The van der Waals surface area contributed by atoms with Crippen LogP contribution >= 0.6 is 15.9 Å². The standard InChI is InChI=1S/C16H14BrNO4/c1-2-21-16(20)11-3-5-12(6-4-11)18-15(19)10-8-13-7-9-14(17)22-13/h3-10H,2H2,1H3,(H,18,19)/b10-8+. The topological polar surface area (TPSA) is 68.5 Å². The first-order valence-corrected chi connectivity index (χ1v) is 7.39. The monoisotopic (exact) mass is 363 g/mol. The highest BCUT2D eigenvalue weighted by molar-refractivity contribution is 9.10. The number of hydrogen-bond acceptors (Lipinski definition) is 4. The van der Waals surface area contributed by atoms with Crippen molar-refractivity contribution in [2.24, 2.45) is 0 Å². The van der Waals surface area contributed by atoms with E-state index in [1.54, 1.807) is 49.4 Å². The van der Waals surface area contributed by atoms with E-state index in [0.29, 0.717) is 28.3 Å². The van der Waals surface area contributed by atoms with Crippen LogP contribution in [0, 0.1) is 0 Å². The summed E-state index contributed by atoms with van der Waals surface area (Å²) >= 11 is 3.18. The minimum atomic E-state index is -0.385. The molecule has 2 rings (SSSR count). The van der Waals surface area contributed by atoms with Gasteiger partial charge in [0, 0.05) is 11.8 Å². The summed E-state index contributed by atoms with van der Waals surface area (Å²) in [4.78, 5) is 23.3. The highest BCUT2D eigenvalue weighted by Crippen LogP contribution is 2.15. The lowest BCUT2D eigenvalue weighted by atomic mass is 10.2. The molecule has 0 unspecified atom stereocenters. The molecule has 2 aromatic rings. The Morgan fingerprint density at radius 1 is 1.23 bits per heavy atom. The molecular formula is C16H14BrNO4. The summed E-state index contributed by atoms with van der Waals surface area (Å²) < 4.78 is 10.7. The summed E-state index contributed by atoms with van der Waals surface area (Å²) in [5.74, 6) is -0.111. The maximum atomic E-state index is 11.8. The lowest BCUT2D eigenvalue weighted by molar-refractivity contribution is -0.111. The van der Waals surface area contributed by atoms with Crippen LogP contribution in [0.4, 0.5) is 5.69 Å². The largest absolute Gasteiger partial charge is 0.462 e. The molecule has 1 aromatic heterocycles. The number of furan rings is 1. The van der Waals surface area contributed by atoms with Crippen LogP contribution in [0.15, 0.2) is 51.6 Å². The van der Waals surface area contributed by atoms with Crippen molar-refractivity contribution in [3.8, 4) is 0 Å². The van der Waals surface area contributed by atoms with Gasteiger partial charge in [0.2, 0.25) is 5.91 Å². The van der Waals surface area contributed by atoms with Crippen LogP contribution in [-0.2, 0) is 9.53 Å². The molecule has 0 aliphatic heterocycles. The molecule has 1 N–H and O–H groups in total. The summed E-state index contributed by atoms with van der Waals surface area (Å²) in [6.45, 7) is 2.07. The highest BCUT2D eigenvalue weighted by atomic mass is 79.9. The Hall–Kier alpha value is -2.34. The fraction of sp³-hybridized carbons (Fsp3) is 0.125. The van der Waals surface area contributed by atoms with Gasteiger partial charge < -0.3 is 14.5 Å². The van der Waals surface area contributed by atoms with E-state index in [0.717, 1.165) is 0 Å². The molecule has 22 heavy (non-hydrogen) atoms. The third-order valence-corrected chi connectivity index (χ3v) is 3.08.